The Bertz CT molecular complexity index is 318. The molecule has 74 valence electrons. The van der Waals surface area contributed by atoms with Crippen molar-refractivity contribution in [3.05, 3.63) is 35.9 Å². The van der Waals surface area contributed by atoms with Crippen molar-refractivity contribution < 1.29 is 0 Å². The molecule has 0 N–H and O–H groups in total. The lowest BCUT2D eigenvalue weighted by Crippen LogP contribution is -2.18. The van der Waals surface area contributed by atoms with Crippen LogP contribution in [0.5, 0.6) is 0 Å². The van der Waals surface area contributed by atoms with Crippen LogP contribution in [0.15, 0.2) is 30.3 Å². The van der Waals surface area contributed by atoms with Gasteiger partial charge in [-0.15, -0.1) is 0 Å². The van der Waals surface area contributed by atoms with Crippen molar-refractivity contribution in [3.63, 3.8) is 0 Å². The zero-order chi connectivity index (χ0) is 10.4. The summed E-state index contributed by atoms with van der Waals surface area (Å²) in [7, 11) is 2.04. The molecule has 1 rings (SSSR count). The molecule has 0 aliphatic rings. The van der Waals surface area contributed by atoms with E-state index in [9.17, 15) is 0 Å². The fourth-order valence-corrected chi connectivity index (χ4v) is 1.66. The van der Waals surface area contributed by atoms with Crippen LogP contribution in [0.2, 0.25) is 0 Å². The summed E-state index contributed by atoms with van der Waals surface area (Å²) in [6.07, 6.45) is 1.08. The molecule has 0 spiro atoms. The van der Waals surface area contributed by atoms with Crippen LogP contribution >= 0.6 is 0 Å². The predicted molar refractivity (Wildman–Crippen MR) is 60.7 cm³/mol. The molecular weight excluding hydrogens is 170 g/mol. The van der Waals surface area contributed by atoms with Gasteiger partial charge in [0.25, 0.3) is 0 Å². The lowest BCUT2D eigenvalue weighted by molar-refractivity contribution is 0.347. The highest BCUT2D eigenvalue weighted by Crippen LogP contribution is 2.21. The van der Waals surface area contributed by atoms with E-state index in [1.165, 1.54) is 5.56 Å². The summed E-state index contributed by atoms with van der Waals surface area (Å²) in [6, 6.07) is 14.0. The zero-order valence-electron chi connectivity index (χ0n) is 9.12. The van der Waals surface area contributed by atoms with Crippen molar-refractivity contribution in [1.29, 1.82) is 0 Å². The van der Waals surface area contributed by atoms with Crippen molar-refractivity contribution >= 4 is 0 Å². The molecule has 14 heavy (non-hydrogen) atoms. The van der Waals surface area contributed by atoms with Gasteiger partial charge in [0.05, 0.1) is 6.04 Å². The molecule has 0 aliphatic heterocycles. The molecule has 0 aromatic heterocycles. The second-order valence-electron chi connectivity index (χ2n) is 3.31. The lowest BCUT2D eigenvalue weighted by atomic mass is 10.0. The van der Waals surface area contributed by atoms with Gasteiger partial charge in [0.2, 0.25) is 0 Å². The minimum Gasteiger partial charge on any atom is -0.328 e. The molecule has 1 aromatic carbocycles. The number of nitrogens with zero attached hydrogens (tertiary/aromatic N) is 1. The minimum absolute atomic E-state index is 0.406. The molecular formula is C13H17N. The van der Waals surface area contributed by atoms with Gasteiger partial charge in [0, 0.05) is 13.1 Å². The Morgan fingerprint density at radius 2 is 1.93 bits per heavy atom. The summed E-state index contributed by atoms with van der Waals surface area (Å²) in [4.78, 5) is 2.08. The van der Waals surface area contributed by atoms with Gasteiger partial charge in [-0.2, -0.15) is 0 Å². The highest BCUT2D eigenvalue weighted by molar-refractivity contribution is 5.20. The van der Waals surface area contributed by atoms with Crippen LogP contribution in [0.4, 0.5) is 0 Å². The fraction of sp³-hybridized carbons (Fsp3) is 0.385. The van der Waals surface area contributed by atoms with Gasteiger partial charge < -0.3 is 4.90 Å². The monoisotopic (exact) mass is 187 g/mol. The maximum Gasteiger partial charge on any atom is 0.0614 e. The van der Waals surface area contributed by atoms with E-state index in [-0.39, 0.29) is 0 Å². The van der Waals surface area contributed by atoms with Crippen LogP contribution in [0.25, 0.3) is 0 Å². The summed E-state index contributed by atoms with van der Waals surface area (Å²) in [5, 5.41) is 0. The second kappa shape index (κ2) is 5.34. The Morgan fingerprint density at radius 3 is 2.43 bits per heavy atom. The minimum atomic E-state index is 0.406. The Hall–Kier alpha value is -1.42. The molecule has 0 saturated heterocycles. The van der Waals surface area contributed by atoms with E-state index >= 15 is 0 Å². The maximum atomic E-state index is 3.08. The van der Waals surface area contributed by atoms with Gasteiger partial charge in [-0.25, -0.2) is 0 Å². The number of benzene rings is 1. The first-order valence-electron chi connectivity index (χ1n) is 4.99. The third kappa shape index (κ3) is 2.53. The summed E-state index contributed by atoms with van der Waals surface area (Å²) in [5.74, 6) is 2.93. The Balaban J connectivity index is 2.85. The molecule has 0 bridgehead atoms. The molecule has 0 fully saturated rings. The smallest absolute Gasteiger partial charge is 0.0614 e. The van der Waals surface area contributed by atoms with Gasteiger partial charge in [-0.1, -0.05) is 43.2 Å². The first kappa shape index (κ1) is 10.7. The lowest BCUT2D eigenvalue weighted by Gasteiger charge is -2.23. The van der Waals surface area contributed by atoms with Crippen LogP contribution in [-0.4, -0.2) is 11.9 Å². The second-order valence-corrected chi connectivity index (χ2v) is 3.31. The molecule has 1 heteroatoms. The van der Waals surface area contributed by atoms with E-state index in [4.69, 9.17) is 0 Å². The van der Waals surface area contributed by atoms with E-state index < -0.39 is 0 Å². The fourth-order valence-electron chi connectivity index (χ4n) is 1.66. The van der Waals surface area contributed by atoms with Gasteiger partial charge in [-0.05, 0) is 18.9 Å². The van der Waals surface area contributed by atoms with Crippen molar-refractivity contribution in [1.82, 2.24) is 4.90 Å². The van der Waals surface area contributed by atoms with E-state index in [0.29, 0.717) is 6.04 Å². The highest BCUT2D eigenvalue weighted by Gasteiger charge is 2.11. The quantitative estimate of drug-likeness (QED) is 0.519. The topological polar surface area (TPSA) is 3.24 Å². The average Bonchev–Trinajstić information content (AvgIpc) is 2.21. The standard InChI is InChI=1S/C13H17N/c1-4-11-14(3)13(5-2)12-9-7-6-8-10-12/h6-10,13H,5H2,1-3H3. The summed E-state index contributed by atoms with van der Waals surface area (Å²) in [6.45, 7) is 4.06. The normalized spacial score (nSPS) is 11.4. The number of hydrogen-bond acceptors (Lipinski definition) is 1. The Labute approximate surface area is 86.7 Å². The first-order valence-corrected chi connectivity index (χ1v) is 4.99. The molecule has 1 atom stereocenters. The maximum absolute atomic E-state index is 3.08. The summed E-state index contributed by atoms with van der Waals surface area (Å²) in [5.41, 5.74) is 1.33. The number of hydrogen-bond donors (Lipinski definition) is 0. The van der Waals surface area contributed by atoms with Gasteiger partial charge in [-0.3, -0.25) is 0 Å². The van der Waals surface area contributed by atoms with Crippen LogP contribution in [-0.2, 0) is 0 Å². The van der Waals surface area contributed by atoms with Gasteiger partial charge in [0.15, 0.2) is 0 Å². The Morgan fingerprint density at radius 1 is 1.29 bits per heavy atom. The molecule has 0 aliphatic carbocycles. The molecule has 1 unspecified atom stereocenters. The predicted octanol–water partition coefficient (Wildman–Crippen LogP) is 3.05. The van der Waals surface area contributed by atoms with Crippen LogP contribution in [0.1, 0.15) is 31.9 Å². The van der Waals surface area contributed by atoms with E-state index in [1.54, 1.807) is 0 Å². The third-order valence-electron chi connectivity index (χ3n) is 2.33. The highest BCUT2D eigenvalue weighted by atomic mass is 15.1. The van der Waals surface area contributed by atoms with E-state index in [0.717, 1.165) is 6.42 Å². The molecule has 0 saturated carbocycles. The van der Waals surface area contributed by atoms with Crippen molar-refractivity contribution in [2.24, 2.45) is 0 Å². The van der Waals surface area contributed by atoms with Crippen molar-refractivity contribution in [2.75, 3.05) is 7.05 Å². The van der Waals surface area contributed by atoms with Gasteiger partial charge in [0.1, 0.15) is 0 Å². The van der Waals surface area contributed by atoms with Crippen molar-refractivity contribution in [2.45, 2.75) is 26.3 Å². The van der Waals surface area contributed by atoms with Gasteiger partial charge >= 0.3 is 0 Å². The zero-order valence-corrected chi connectivity index (χ0v) is 9.12. The van der Waals surface area contributed by atoms with E-state index in [1.807, 2.05) is 20.0 Å². The average molecular weight is 187 g/mol. The van der Waals surface area contributed by atoms with Crippen LogP contribution < -0.4 is 0 Å². The van der Waals surface area contributed by atoms with Crippen LogP contribution in [0, 0.1) is 12.0 Å². The number of rotatable bonds is 3. The molecule has 0 heterocycles. The third-order valence-corrected chi connectivity index (χ3v) is 2.33. The summed E-state index contributed by atoms with van der Waals surface area (Å²) >= 11 is 0. The Kier molecular flexibility index (Phi) is 4.07. The SMILES string of the molecule is CC#CN(C)C(CC)c1ccccc1. The molecule has 1 nitrogen and oxygen atoms in total. The largest absolute Gasteiger partial charge is 0.328 e. The molecule has 0 amide bonds. The van der Waals surface area contributed by atoms with Crippen LogP contribution in [0.3, 0.4) is 0 Å². The van der Waals surface area contributed by atoms with E-state index in [2.05, 4.69) is 48.1 Å². The molecule has 1 aromatic rings. The summed E-state index contributed by atoms with van der Waals surface area (Å²) < 4.78 is 0. The first-order chi connectivity index (χ1) is 6.79. The van der Waals surface area contributed by atoms with Crippen molar-refractivity contribution in [3.8, 4) is 12.0 Å². The molecule has 0 radical (unpaired) electrons.